The van der Waals surface area contributed by atoms with Gasteiger partial charge in [-0.2, -0.15) is 0 Å². The average molecular weight is 401 g/mol. The molecule has 0 N–H and O–H groups in total. The number of carbonyl (C=O) groups excluding carboxylic acids is 1. The van der Waals surface area contributed by atoms with Crippen LogP contribution in [0.15, 0.2) is 52.9 Å². The predicted molar refractivity (Wildman–Crippen MR) is 108 cm³/mol. The molecule has 6 heteroatoms. The Kier molecular flexibility index (Phi) is 5.64. The second-order valence-corrected chi connectivity index (χ2v) is 7.65. The number of hydrogen-bond donors (Lipinski definition) is 0. The van der Waals surface area contributed by atoms with Crippen molar-refractivity contribution in [3.05, 3.63) is 70.7 Å². The molecule has 1 amide bonds. The molecule has 3 aromatic rings. The molecule has 146 valence electrons. The van der Waals surface area contributed by atoms with Crippen LogP contribution in [0.1, 0.15) is 17.7 Å². The topological polar surface area (TPSA) is 36.7 Å². The van der Waals surface area contributed by atoms with Gasteiger partial charge in [0.1, 0.15) is 17.2 Å². The second-order valence-electron chi connectivity index (χ2n) is 7.21. The van der Waals surface area contributed by atoms with Gasteiger partial charge in [0.25, 0.3) is 0 Å². The van der Waals surface area contributed by atoms with Crippen LogP contribution in [0.25, 0.3) is 11.0 Å². The number of halogens is 2. The van der Waals surface area contributed by atoms with Gasteiger partial charge in [0.2, 0.25) is 5.91 Å². The molecule has 1 saturated heterocycles. The van der Waals surface area contributed by atoms with Gasteiger partial charge in [0.05, 0.1) is 13.0 Å². The van der Waals surface area contributed by atoms with Crippen molar-refractivity contribution >= 4 is 28.5 Å². The van der Waals surface area contributed by atoms with E-state index in [1.165, 1.54) is 12.1 Å². The van der Waals surface area contributed by atoms with E-state index in [1.807, 2.05) is 29.2 Å². The Bertz CT molecular complexity index is 970. The SMILES string of the molecule is O=C(Cc1ccc(F)cc1)N1CCCN(Cc2cc3cc(Cl)ccc3o2)CC1. The van der Waals surface area contributed by atoms with Crippen molar-refractivity contribution in [3.8, 4) is 0 Å². The van der Waals surface area contributed by atoms with Crippen molar-refractivity contribution in [1.82, 2.24) is 9.80 Å². The zero-order valence-corrected chi connectivity index (χ0v) is 16.3. The Hall–Kier alpha value is -2.37. The summed E-state index contributed by atoms with van der Waals surface area (Å²) in [4.78, 5) is 16.8. The van der Waals surface area contributed by atoms with Crippen molar-refractivity contribution < 1.29 is 13.6 Å². The molecule has 0 unspecified atom stereocenters. The van der Waals surface area contributed by atoms with E-state index in [4.69, 9.17) is 16.0 Å². The lowest BCUT2D eigenvalue weighted by molar-refractivity contribution is -0.130. The summed E-state index contributed by atoms with van der Waals surface area (Å²) in [7, 11) is 0. The minimum Gasteiger partial charge on any atom is -0.460 e. The fourth-order valence-corrected chi connectivity index (χ4v) is 3.82. The highest BCUT2D eigenvalue weighted by Crippen LogP contribution is 2.24. The number of fused-ring (bicyclic) bond motifs is 1. The number of carbonyl (C=O) groups is 1. The summed E-state index contributed by atoms with van der Waals surface area (Å²) in [5.41, 5.74) is 1.68. The molecule has 1 aliphatic rings. The van der Waals surface area contributed by atoms with E-state index in [0.29, 0.717) is 24.5 Å². The molecule has 4 nitrogen and oxygen atoms in total. The van der Waals surface area contributed by atoms with Crippen molar-refractivity contribution in [2.24, 2.45) is 0 Å². The van der Waals surface area contributed by atoms with E-state index in [9.17, 15) is 9.18 Å². The maximum atomic E-state index is 13.0. The largest absolute Gasteiger partial charge is 0.460 e. The first-order valence-electron chi connectivity index (χ1n) is 9.49. The van der Waals surface area contributed by atoms with Crippen LogP contribution in [0, 0.1) is 5.82 Å². The highest BCUT2D eigenvalue weighted by atomic mass is 35.5. The lowest BCUT2D eigenvalue weighted by Gasteiger charge is -2.21. The van der Waals surface area contributed by atoms with Gasteiger partial charge in [-0.3, -0.25) is 9.69 Å². The maximum Gasteiger partial charge on any atom is 0.227 e. The van der Waals surface area contributed by atoms with Gasteiger partial charge in [0, 0.05) is 36.6 Å². The van der Waals surface area contributed by atoms with Gasteiger partial charge < -0.3 is 9.32 Å². The molecule has 4 rings (SSSR count). The van der Waals surface area contributed by atoms with Crippen LogP contribution < -0.4 is 0 Å². The van der Waals surface area contributed by atoms with E-state index >= 15 is 0 Å². The first-order chi connectivity index (χ1) is 13.6. The van der Waals surface area contributed by atoms with Crippen LogP contribution >= 0.6 is 11.6 Å². The molecular weight excluding hydrogens is 379 g/mol. The lowest BCUT2D eigenvalue weighted by atomic mass is 10.1. The Morgan fingerprint density at radius 3 is 2.68 bits per heavy atom. The van der Waals surface area contributed by atoms with Gasteiger partial charge in [-0.1, -0.05) is 23.7 Å². The number of rotatable bonds is 4. The summed E-state index contributed by atoms with van der Waals surface area (Å²) in [5.74, 6) is 0.713. The normalized spacial score (nSPS) is 15.7. The number of hydrogen-bond acceptors (Lipinski definition) is 3. The molecule has 0 aliphatic carbocycles. The summed E-state index contributed by atoms with van der Waals surface area (Å²) in [6, 6.07) is 13.8. The van der Waals surface area contributed by atoms with Gasteiger partial charge in [-0.05, 0) is 48.4 Å². The monoisotopic (exact) mass is 400 g/mol. The number of furan rings is 1. The van der Waals surface area contributed by atoms with Crippen LogP contribution in [-0.2, 0) is 17.8 Å². The van der Waals surface area contributed by atoms with E-state index in [0.717, 1.165) is 48.3 Å². The van der Waals surface area contributed by atoms with Gasteiger partial charge in [-0.25, -0.2) is 4.39 Å². The van der Waals surface area contributed by atoms with Crippen LogP contribution in [0.2, 0.25) is 5.02 Å². The summed E-state index contributed by atoms with van der Waals surface area (Å²) < 4.78 is 18.9. The molecule has 0 radical (unpaired) electrons. The quantitative estimate of drug-likeness (QED) is 0.647. The summed E-state index contributed by atoms with van der Waals surface area (Å²) in [5, 5.41) is 1.71. The Morgan fingerprint density at radius 2 is 1.86 bits per heavy atom. The van der Waals surface area contributed by atoms with Crippen molar-refractivity contribution in [2.75, 3.05) is 26.2 Å². The van der Waals surface area contributed by atoms with E-state index in [-0.39, 0.29) is 11.7 Å². The zero-order valence-electron chi connectivity index (χ0n) is 15.5. The van der Waals surface area contributed by atoms with Crippen LogP contribution in [0.3, 0.4) is 0 Å². The number of benzene rings is 2. The Balaban J connectivity index is 1.34. The molecule has 1 fully saturated rings. The molecule has 2 heterocycles. The van der Waals surface area contributed by atoms with Gasteiger partial charge in [0.15, 0.2) is 0 Å². The minimum atomic E-state index is -0.283. The van der Waals surface area contributed by atoms with Gasteiger partial charge in [-0.15, -0.1) is 0 Å². The molecular formula is C22H22ClFN2O2. The van der Waals surface area contributed by atoms with E-state index in [2.05, 4.69) is 4.90 Å². The maximum absolute atomic E-state index is 13.0. The molecule has 0 bridgehead atoms. The van der Waals surface area contributed by atoms with E-state index < -0.39 is 0 Å². The second kappa shape index (κ2) is 8.33. The summed E-state index contributed by atoms with van der Waals surface area (Å²) in [6.45, 7) is 3.86. The fraction of sp³-hybridized carbons (Fsp3) is 0.318. The third kappa shape index (κ3) is 4.54. The first-order valence-corrected chi connectivity index (χ1v) is 9.87. The third-order valence-corrected chi connectivity index (χ3v) is 5.35. The number of amides is 1. The molecule has 1 aliphatic heterocycles. The Labute approximate surface area is 168 Å². The Morgan fingerprint density at radius 1 is 1.04 bits per heavy atom. The lowest BCUT2D eigenvalue weighted by Crippen LogP contribution is -2.36. The zero-order chi connectivity index (χ0) is 19.5. The summed E-state index contributed by atoms with van der Waals surface area (Å²) >= 11 is 6.04. The van der Waals surface area contributed by atoms with Crippen LogP contribution in [0.5, 0.6) is 0 Å². The van der Waals surface area contributed by atoms with Crippen LogP contribution in [-0.4, -0.2) is 41.9 Å². The van der Waals surface area contributed by atoms with Crippen LogP contribution in [0.4, 0.5) is 4.39 Å². The summed E-state index contributed by atoms with van der Waals surface area (Å²) in [6.07, 6.45) is 1.23. The van der Waals surface area contributed by atoms with Gasteiger partial charge >= 0.3 is 0 Å². The highest BCUT2D eigenvalue weighted by Gasteiger charge is 2.20. The minimum absolute atomic E-state index is 0.0897. The smallest absolute Gasteiger partial charge is 0.227 e. The average Bonchev–Trinajstić information content (AvgIpc) is 2.91. The standard InChI is InChI=1S/C22H22ClFN2O2/c23-18-4-7-21-17(13-18)14-20(28-21)15-25-8-1-9-26(11-10-25)22(27)12-16-2-5-19(24)6-3-16/h2-7,13-14H,1,8-12,15H2. The third-order valence-electron chi connectivity index (χ3n) is 5.12. The molecule has 0 saturated carbocycles. The van der Waals surface area contributed by atoms with E-state index in [1.54, 1.807) is 12.1 Å². The van der Waals surface area contributed by atoms with Crippen molar-refractivity contribution in [3.63, 3.8) is 0 Å². The number of nitrogens with zero attached hydrogens (tertiary/aromatic N) is 2. The first kappa shape index (κ1) is 19.0. The molecule has 0 atom stereocenters. The highest BCUT2D eigenvalue weighted by molar-refractivity contribution is 6.31. The van der Waals surface area contributed by atoms with Crippen molar-refractivity contribution in [2.45, 2.75) is 19.4 Å². The predicted octanol–water partition coefficient (Wildman–Crippen LogP) is 4.50. The van der Waals surface area contributed by atoms with Crippen molar-refractivity contribution in [1.29, 1.82) is 0 Å². The molecule has 1 aromatic heterocycles. The molecule has 28 heavy (non-hydrogen) atoms. The fourth-order valence-electron chi connectivity index (χ4n) is 3.63. The molecule has 2 aromatic carbocycles. The molecule has 0 spiro atoms.